The van der Waals surface area contributed by atoms with Gasteiger partial charge >= 0.3 is 0 Å². The highest BCUT2D eigenvalue weighted by Crippen LogP contribution is 2.38. The van der Waals surface area contributed by atoms with Crippen molar-refractivity contribution in [1.29, 1.82) is 0 Å². The molecule has 5 heteroatoms. The quantitative estimate of drug-likeness (QED) is 0.493. The fourth-order valence-electron chi connectivity index (χ4n) is 1.19. The maximum atomic E-state index is 10.2. The summed E-state index contributed by atoms with van der Waals surface area (Å²) in [6.45, 7) is 3.41. The zero-order valence-electron chi connectivity index (χ0n) is 8.28. The monoisotopic (exact) mass is 271 g/mol. The molecule has 0 spiro atoms. The van der Waals surface area contributed by atoms with Gasteiger partial charge in [-0.05, 0) is 31.5 Å². The molecule has 0 aliphatic carbocycles. The second-order valence-corrected chi connectivity index (χ2v) is 4.44. The smallest absolute Gasteiger partial charge is 0.235 e. The summed E-state index contributed by atoms with van der Waals surface area (Å²) in [5, 5.41) is 18.6. The van der Waals surface area contributed by atoms with Gasteiger partial charge in [0.15, 0.2) is 11.5 Å². The zero-order valence-corrected chi connectivity index (χ0v) is 9.87. The third kappa shape index (κ3) is 2.37. The largest absolute Gasteiger partial charge is 0.504 e. The molecule has 2 N–H and O–H groups in total. The lowest BCUT2D eigenvalue weighted by Gasteiger charge is -2.20. The van der Waals surface area contributed by atoms with Crippen LogP contribution in [0.5, 0.6) is 11.5 Å². The van der Waals surface area contributed by atoms with Gasteiger partial charge in [0.05, 0.1) is 5.54 Å². The van der Waals surface area contributed by atoms with E-state index in [1.807, 2.05) is 0 Å². The van der Waals surface area contributed by atoms with Crippen molar-refractivity contribution in [2.24, 2.45) is 4.99 Å². The molecule has 0 aromatic heterocycles. The van der Waals surface area contributed by atoms with Crippen LogP contribution in [0.2, 0.25) is 0 Å². The highest BCUT2D eigenvalue weighted by Gasteiger charge is 2.23. The fourth-order valence-corrected chi connectivity index (χ4v) is 2.01. The number of aromatic hydroxyl groups is 2. The molecule has 80 valence electrons. The van der Waals surface area contributed by atoms with Gasteiger partial charge < -0.3 is 10.2 Å². The van der Waals surface area contributed by atoms with Crippen LogP contribution in [0.3, 0.4) is 0 Å². The molecule has 0 amide bonds. The number of hydrogen-bond acceptors (Lipinski definition) is 4. The van der Waals surface area contributed by atoms with Crippen molar-refractivity contribution in [3.63, 3.8) is 0 Å². The van der Waals surface area contributed by atoms with E-state index in [4.69, 9.17) is 0 Å². The van der Waals surface area contributed by atoms with E-state index < -0.39 is 5.54 Å². The minimum absolute atomic E-state index is 0.225. The molecule has 0 saturated heterocycles. The lowest BCUT2D eigenvalue weighted by molar-refractivity contribution is 0.400. The Morgan fingerprint density at radius 2 is 1.87 bits per heavy atom. The number of aliphatic imine (C=N–C) groups is 1. The Bertz CT molecular complexity index is 437. The van der Waals surface area contributed by atoms with Crippen LogP contribution in [-0.4, -0.2) is 16.3 Å². The molecule has 1 aromatic rings. The molecule has 0 radical (unpaired) electrons. The molecule has 0 saturated carbocycles. The maximum absolute atomic E-state index is 10.2. The number of hydrogen-bond donors (Lipinski definition) is 2. The average Bonchev–Trinajstić information content (AvgIpc) is 2.11. The standard InChI is InChI=1S/C10H10BrNO3/c1-10(2,12-5-13)6-3-8(14)9(15)4-7(6)11/h3-4,14-15H,1-2H3. The highest BCUT2D eigenvalue weighted by atomic mass is 79.9. The number of nitrogens with zero attached hydrogens (tertiary/aromatic N) is 1. The van der Waals surface area contributed by atoms with E-state index in [0.717, 1.165) is 0 Å². The predicted octanol–water partition coefficient (Wildman–Crippen LogP) is 2.43. The van der Waals surface area contributed by atoms with Crippen LogP contribution in [0.15, 0.2) is 21.6 Å². The molecule has 0 fully saturated rings. The van der Waals surface area contributed by atoms with Gasteiger partial charge in [-0.2, -0.15) is 4.99 Å². The van der Waals surface area contributed by atoms with E-state index in [1.54, 1.807) is 13.8 Å². The molecule has 0 bridgehead atoms. The van der Waals surface area contributed by atoms with E-state index in [2.05, 4.69) is 20.9 Å². The van der Waals surface area contributed by atoms with Gasteiger partial charge in [-0.15, -0.1) is 0 Å². The lowest BCUT2D eigenvalue weighted by Crippen LogP contribution is -2.14. The van der Waals surface area contributed by atoms with Gasteiger partial charge in [0, 0.05) is 4.47 Å². The van der Waals surface area contributed by atoms with Crippen molar-refractivity contribution in [3.05, 3.63) is 22.2 Å². The van der Waals surface area contributed by atoms with Crippen molar-refractivity contribution in [2.75, 3.05) is 0 Å². The Labute approximate surface area is 95.4 Å². The molecule has 4 nitrogen and oxygen atoms in total. The van der Waals surface area contributed by atoms with E-state index in [-0.39, 0.29) is 11.5 Å². The summed E-state index contributed by atoms with van der Waals surface area (Å²) < 4.78 is 0.571. The molecular weight excluding hydrogens is 262 g/mol. The van der Waals surface area contributed by atoms with Crippen molar-refractivity contribution in [1.82, 2.24) is 0 Å². The van der Waals surface area contributed by atoms with Crippen LogP contribution in [0.25, 0.3) is 0 Å². The topological polar surface area (TPSA) is 69.9 Å². The molecule has 0 atom stereocenters. The van der Waals surface area contributed by atoms with Crippen LogP contribution < -0.4 is 0 Å². The lowest BCUT2D eigenvalue weighted by atomic mass is 9.95. The van der Waals surface area contributed by atoms with E-state index in [9.17, 15) is 15.0 Å². The zero-order chi connectivity index (χ0) is 11.6. The second-order valence-electron chi connectivity index (χ2n) is 3.58. The van der Waals surface area contributed by atoms with Gasteiger partial charge in [0.1, 0.15) is 0 Å². The van der Waals surface area contributed by atoms with E-state index in [1.165, 1.54) is 18.2 Å². The Balaban J connectivity index is 3.38. The van der Waals surface area contributed by atoms with Gasteiger partial charge in [0.25, 0.3) is 0 Å². The Kier molecular flexibility index (Phi) is 3.17. The Morgan fingerprint density at radius 1 is 1.33 bits per heavy atom. The molecule has 0 unspecified atom stereocenters. The number of carbonyl (C=O) groups excluding carboxylic acids is 1. The van der Waals surface area contributed by atoms with Crippen LogP contribution in [0.1, 0.15) is 19.4 Å². The average molecular weight is 272 g/mol. The fraction of sp³-hybridized carbons (Fsp3) is 0.300. The maximum Gasteiger partial charge on any atom is 0.235 e. The summed E-state index contributed by atoms with van der Waals surface area (Å²) in [4.78, 5) is 13.9. The number of benzene rings is 1. The second kappa shape index (κ2) is 4.04. The minimum atomic E-state index is -0.800. The number of halogens is 1. The Hall–Kier alpha value is -1.32. The summed E-state index contributed by atoms with van der Waals surface area (Å²) in [5.74, 6) is -0.473. The highest BCUT2D eigenvalue weighted by molar-refractivity contribution is 9.10. The van der Waals surface area contributed by atoms with Crippen LogP contribution in [-0.2, 0) is 10.3 Å². The van der Waals surface area contributed by atoms with Gasteiger partial charge in [-0.25, -0.2) is 4.79 Å². The number of phenols is 2. The molecular formula is C10H10BrNO3. The molecule has 0 aliphatic rings. The molecule has 0 aliphatic heterocycles. The SMILES string of the molecule is CC(C)(N=C=O)c1cc(O)c(O)cc1Br. The van der Waals surface area contributed by atoms with Gasteiger partial charge in [0.2, 0.25) is 6.08 Å². The number of phenolic OH excluding ortho intramolecular Hbond substituents is 2. The van der Waals surface area contributed by atoms with Crippen molar-refractivity contribution in [3.8, 4) is 11.5 Å². The predicted molar refractivity (Wildman–Crippen MR) is 58.6 cm³/mol. The van der Waals surface area contributed by atoms with E-state index >= 15 is 0 Å². The van der Waals surface area contributed by atoms with Crippen LogP contribution in [0, 0.1) is 0 Å². The summed E-state index contributed by atoms with van der Waals surface area (Å²) in [6.07, 6.45) is 1.48. The minimum Gasteiger partial charge on any atom is -0.504 e. The first-order valence-corrected chi connectivity index (χ1v) is 4.99. The molecule has 15 heavy (non-hydrogen) atoms. The number of rotatable bonds is 2. The normalized spacial score (nSPS) is 10.9. The first-order chi connectivity index (χ1) is 6.88. The first kappa shape index (κ1) is 11.8. The third-order valence-corrected chi connectivity index (χ3v) is 2.70. The van der Waals surface area contributed by atoms with Gasteiger partial charge in [-0.1, -0.05) is 15.9 Å². The van der Waals surface area contributed by atoms with Crippen LogP contribution in [0.4, 0.5) is 0 Å². The van der Waals surface area contributed by atoms with Gasteiger partial charge in [-0.3, -0.25) is 0 Å². The van der Waals surface area contributed by atoms with Crippen LogP contribution >= 0.6 is 15.9 Å². The van der Waals surface area contributed by atoms with Crippen molar-refractivity contribution >= 4 is 22.0 Å². The number of isocyanates is 1. The molecule has 0 heterocycles. The van der Waals surface area contributed by atoms with Crippen molar-refractivity contribution in [2.45, 2.75) is 19.4 Å². The van der Waals surface area contributed by atoms with E-state index in [0.29, 0.717) is 10.0 Å². The Morgan fingerprint density at radius 3 is 2.40 bits per heavy atom. The first-order valence-electron chi connectivity index (χ1n) is 4.19. The third-order valence-electron chi connectivity index (χ3n) is 2.05. The molecule has 1 rings (SSSR count). The summed E-state index contributed by atoms with van der Waals surface area (Å²) in [7, 11) is 0. The van der Waals surface area contributed by atoms with Crippen molar-refractivity contribution < 1.29 is 15.0 Å². The molecule has 1 aromatic carbocycles. The summed E-state index contributed by atoms with van der Waals surface area (Å²) in [5.41, 5.74) is -0.202. The summed E-state index contributed by atoms with van der Waals surface area (Å²) in [6, 6.07) is 2.72. The summed E-state index contributed by atoms with van der Waals surface area (Å²) >= 11 is 3.23.